The van der Waals surface area contributed by atoms with Gasteiger partial charge in [0.2, 0.25) is 0 Å². The number of nitrogens with zero attached hydrogens (tertiary/aromatic N) is 1. The molecule has 1 aromatic heterocycles. The minimum Gasteiger partial charge on any atom is -0.305 e. The van der Waals surface area contributed by atoms with Crippen LogP contribution in [0, 0.1) is 5.82 Å². The second-order valence-corrected chi connectivity index (χ2v) is 2.65. The van der Waals surface area contributed by atoms with Gasteiger partial charge < -0.3 is 4.98 Å². The average molecular weight is 166 g/mol. The third-order valence-electron chi connectivity index (χ3n) is 1.87. The number of benzene rings is 1. The van der Waals surface area contributed by atoms with Crippen LogP contribution >= 0.6 is 0 Å². The van der Waals surface area contributed by atoms with Crippen LogP contribution < -0.4 is 5.69 Å². The summed E-state index contributed by atoms with van der Waals surface area (Å²) < 4.78 is 14.1. The molecular weight excluding hydrogens is 159 g/mol. The Morgan fingerprint density at radius 3 is 3.00 bits per heavy atom. The molecule has 1 heterocycles. The number of halogens is 1. The first-order valence-corrected chi connectivity index (χ1v) is 3.53. The van der Waals surface area contributed by atoms with Crippen molar-refractivity contribution in [3.8, 4) is 0 Å². The largest absolute Gasteiger partial charge is 0.326 e. The minimum absolute atomic E-state index is 0.226. The fourth-order valence-electron chi connectivity index (χ4n) is 1.21. The molecule has 62 valence electrons. The van der Waals surface area contributed by atoms with Crippen molar-refractivity contribution in [3.05, 3.63) is 34.5 Å². The first kappa shape index (κ1) is 7.09. The lowest BCUT2D eigenvalue weighted by Crippen LogP contribution is -2.11. The molecule has 0 saturated carbocycles. The molecule has 0 aliphatic carbocycles. The topological polar surface area (TPSA) is 37.8 Å². The molecule has 0 aliphatic rings. The van der Waals surface area contributed by atoms with Gasteiger partial charge in [0.1, 0.15) is 5.82 Å². The van der Waals surface area contributed by atoms with Gasteiger partial charge in [0.25, 0.3) is 0 Å². The Balaban J connectivity index is 2.96. The summed E-state index contributed by atoms with van der Waals surface area (Å²) in [6.07, 6.45) is 0. The quantitative estimate of drug-likeness (QED) is 0.623. The summed E-state index contributed by atoms with van der Waals surface area (Å²) in [6.45, 7) is 0. The van der Waals surface area contributed by atoms with Crippen LogP contribution in [0.25, 0.3) is 11.0 Å². The molecule has 0 amide bonds. The Bertz CT molecular complexity index is 483. The first-order valence-electron chi connectivity index (χ1n) is 3.53. The smallest absolute Gasteiger partial charge is 0.305 e. The fraction of sp³-hybridized carbons (Fsp3) is 0.125. The second-order valence-electron chi connectivity index (χ2n) is 2.65. The van der Waals surface area contributed by atoms with Crippen molar-refractivity contribution < 1.29 is 4.39 Å². The normalized spacial score (nSPS) is 10.8. The molecule has 0 atom stereocenters. The molecule has 2 aromatic rings. The number of fused-ring (bicyclic) bond motifs is 1. The standard InChI is InChI=1S/C8H7FN2O/c1-11-7-3-2-5(9)4-6(7)10-8(11)12/h2-4H,1H3,(H,10,12). The van der Waals surface area contributed by atoms with E-state index in [1.54, 1.807) is 13.1 Å². The summed E-state index contributed by atoms with van der Waals surface area (Å²) in [4.78, 5) is 13.6. The molecule has 0 unspecified atom stereocenters. The van der Waals surface area contributed by atoms with Gasteiger partial charge in [-0.1, -0.05) is 0 Å². The highest BCUT2D eigenvalue weighted by Gasteiger charge is 2.02. The predicted octanol–water partition coefficient (Wildman–Crippen LogP) is 1.01. The maximum atomic E-state index is 12.6. The molecule has 4 heteroatoms. The zero-order chi connectivity index (χ0) is 8.72. The van der Waals surface area contributed by atoms with Gasteiger partial charge in [-0.3, -0.25) is 4.57 Å². The van der Waals surface area contributed by atoms with E-state index in [0.29, 0.717) is 11.0 Å². The van der Waals surface area contributed by atoms with E-state index in [4.69, 9.17) is 0 Å². The van der Waals surface area contributed by atoms with Crippen LogP contribution in [0.3, 0.4) is 0 Å². The van der Waals surface area contributed by atoms with E-state index in [9.17, 15) is 9.18 Å². The Morgan fingerprint density at radius 2 is 2.25 bits per heavy atom. The lowest BCUT2D eigenvalue weighted by atomic mass is 10.3. The van der Waals surface area contributed by atoms with Crippen molar-refractivity contribution in [2.24, 2.45) is 7.05 Å². The van der Waals surface area contributed by atoms with Gasteiger partial charge in [-0.2, -0.15) is 0 Å². The van der Waals surface area contributed by atoms with Crippen molar-refractivity contribution in [1.82, 2.24) is 9.55 Å². The van der Waals surface area contributed by atoms with Gasteiger partial charge in [0, 0.05) is 7.05 Å². The van der Waals surface area contributed by atoms with Gasteiger partial charge in [-0.15, -0.1) is 0 Å². The number of aromatic nitrogens is 2. The van der Waals surface area contributed by atoms with Gasteiger partial charge >= 0.3 is 5.69 Å². The fourth-order valence-corrected chi connectivity index (χ4v) is 1.21. The monoisotopic (exact) mass is 166 g/mol. The SMILES string of the molecule is Cn1c(=O)[nH]c2cc(F)ccc21. The highest BCUT2D eigenvalue weighted by molar-refractivity contribution is 5.74. The number of imidazole rings is 1. The van der Waals surface area contributed by atoms with E-state index < -0.39 is 0 Å². The number of aryl methyl sites for hydroxylation is 1. The summed E-state index contributed by atoms with van der Waals surface area (Å²) in [5.41, 5.74) is 1.01. The van der Waals surface area contributed by atoms with E-state index in [2.05, 4.69) is 4.98 Å². The summed E-state index contributed by atoms with van der Waals surface area (Å²) >= 11 is 0. The van der Waals surface area contributed by atoms with Crippen LogP contribution in [0.5, 0.6) is 0 Å². The maximum Gasteiger partial charge on any atom is 0.326 e. The Labute approximate surface area is 67.4 Å². The number of aromatic amines is 1. The van der Waals surface area contributed by atoms with Crippen LogP contribution in [0.15, 0.2) is 23.0 Å². The number of rotatable bonds is 0. The summed E-state index contributed by atoms with van der Waals surface area (Å²) in [6, 6.07) is 4.20. The number of nitrogens with one attached hydrogen (secondary N) is 1. The van der Waals surface area contributed by atoms with Crippen LogP contribution in [0.2, 0.25) is 0 Å². The third-order valence-corrected chi connectivity index (χ3v) is 1.87. The van der Waals surface area contributed by atoms with Gasteiger partial charge in [-0.25, -0.2) is 9.18 Å². The average Bonchev–Trinajstić information content (AvgIpc) is 2.28. The van der Waals surface area contributed by atoms with Crippen LogP contribution in [0.1, 0.15) is 0 Å². The molecule has 0 aliphatic heterocycles. The lowest BCUT2D eigenvalue weighted by Gasteiger charge is -1.91. The third kappa shape index (κ3) is 0.845. The van der Waals surface area contributed by atoms with E-state index in [-0.39, 0.29) is 11.5 Å². The zero-order valence-corrected chi connectivity index (χ0v) is 6.47. The Kier molecular flexibility index (Phi) is 1.30. The summed E-state index contributed by atoms with van der Waals surface area (Å²) in [5.74, 6) is -0.343. The molecule has 2 rings (SSSR count). The van der Waals surface area contributed by atoms with Crippen molar-refractivity contribution >= 4 is 11.0 Å². The van der Waals surface area contributed by atoms with E-state index in [0.717, 1.165) is 0 Å². The number of H-pyrrole nitrogens is 1. The predicted molar refractivity (Wildman–Crippen MR) is 43.5 cm³/mol. The first-order chi connectivity index (χ1) is 5.68. The van der Waals surface area contributed by atoms with Crippen molar-refractivity contribution in [1.29, 1.82) is 0 Å². The minimum atomic E-state index is -0.343. The summed E-state index contributed by atoms with van der Waals surface area (Å²) in [7, 11) is 1.64. The van der Waals surface area contributed by atoms with Crippen LogP contribution in [-0.4, -0.2) is 9.55 Å². The molecule has 12 heavy (non-hydrogen) atoms. The van der Waals surface area contributed by atoms with Gasteiger partial charge in [0.15, 0.2) is 0 Å². The van der Waals surface area contributed by atoms with E-state index >= 15 is 0 Å². The van der Waals surface area contributed by atoms with Crippen LogP contribution in [-0.2, 0) is 7.05 Å². The molecule has 1 aromatic carbocycles. The maximum absolute atomic E-state index is 12.6. The molecule has 3 nitrogen and oxygen atoms in total. The summed E-state index contributed by atoms with van der Waals surface area (Å²) in [5, 5.41) is 0. The van der Waals surface area contributed by atoms with Gasteiger partial charge in [-0.05, 0) is 18.2 Å². The van der Waals surface area contributed by atoms with E-state index in [1.807, 2.05) is 0 Å². The Hall–Kier alpha value is -1.58. The molecule has 1 N–H and O–H groups in total. The van der Waals surface area contributed by atoms with Gasteiger partial charge in [0.05, 0.1) is 11.0 Å². The second kappa shape index (κ2) is 2.20. The van der Waals surface area contributed by atoms with Crippen molar-refractivity contribution in [3.63, 3.8) is 0 Å². The molecule has 0 spiro atoms. The molecule has 0 fully saturated rings. The van der Waals surface area contributed by atoms with E-state index in [1.165, 1.54) is 16.7 Å². The highest BCUT2D eigenvalue weighted by Crippen LogP contribution is 2.09. The molecule has 0 radical (unpaired) electrons. The highest BCUT2D eigenvalue weighted by atomic mass is 19.1. The molecule has 0 bridgehead atoms. The lowest BCUT2D eigenvalue weighted by molar-refractivity contribution is 0.629. The van der Waals surface area contributed by atoms with Crippen molar-refractivity contribution in [2.45, 2.75) is 0 Å². The Morgan fingerprint density at radius 1 is 1.50 bits per heavy atom. The van der Waals surface area contributed by atoms with Crippen LogP contribution in [0.4, 0.5) is 4.39 Å². The molecule has 0 saturated heterocycles. The zero-order valence-electron chi connectivity index (χ0n) is 6.47. The molecular formula is C8H7FN2O. The number of hydrogen-bond acceptors (Lipinski definition) is 1. The van der Waals surface area contributed by atoms with Crippen molar-refractivity contribution in [2.75, 3.05) is 0 Å². The number of hydrogen-bond donors (Lipinski definition) is 1.